The molecule has 1 aromatic heterocycles. The summed E-state index contributed by atoms with van der Waals surface area (Å²) in [5.41, 5.74) is 0. The average molecular weight is 180 g/mol. The summed E-state index contributed by atoms with van der Waals surface area (Å²) in [6, 6.07) is 0.234. The van der Waals surface area contributed by atoms with Gasteiger partial charge in [0.05, 0.1) is 0 Å². The van der Waals surface area contributed by atoms with Crippen LogP contribution in [0.15, 0.2) is 6.33 Å². The maximum Gasteiger partial charge on any atom is 0.292 e. The Balaban J connectivity index is 2.32. The van der Waals surface area contributed by atoms with Crippen molar-refractivity contribution in [3.05, 3.63) is 12.2 Å². The Morgan fingerprint density at radius 1 is 1.46 bits per heavy atom. The predicted molar refractivity (Wildman–Crippen MR) is 46.2 cm³/mol. The first kappa shape index (κ1) is 8.22. The number of hydrogen-bond acceptors (Lipinski definition) is 3. The average Bonchev–Trinajstić information content (AvgIpc) is 2.52. The smallest absolute Gasteiger partial charge is 0.292 e. The zero-order chi connectivity index (χ0) is 9.42. The zero-order valence-electron chi connectivity index (χ0n) is 7.77. The van der Waals surface area contributed by atoms with Crippen molar-refractivity contribution in [1.82, 2.24) is 19.7 Å². The third kappa shape index (κ3) is 1.20. The summed E-state index contributed by atoms with van der Waals surface area (Å²) < 4.78 is 1.79. The van der Waals surface area contributed by atoms with E-state index in [0.29, 0.717) is 5.82 Å². The minimum atomic E-state index is -0.0150. The van der Waals surface area contributed by atoms with Crippen molar-refractivity contribution in [3.63, 3.8) is 0 Å². The lowest BCUT2D eigenvalue weighted by Crippen LogP contribution is -2.44. The molecule has 0 aliphatic carbocycles. The Kier molecular flexibility index (Phi) is 1.79. The van der Waals surface area contributed by atoms with E-state index in [9.17, 15) is 4.79 Å². The molecule has 0 unspecified atom stereocenters. The van der Waals surface area contributed by atoms with Crippen LogP contribution < -0.4 is 0 Å². The van der Waals surface area contributed by atoms with E-state index in [0.717, 1.165) is 13.1 Å². The van der Waals surface area contributed by atoms with Crippen LogP contribution in [0.1, 0.15) is 24.5 Å². The highest BCUT2D eigenvalue weighted by Gasteiger charge is 2.27. The van der Waals surface area contributed by atoms with Crippen LogP contribution in [0.5, 0.6) is 0 Å². The minimum absolute atomic E-state index is 0.0150. The Labute approximate surface area is 76.4 Å². The molecule has 0 atom stereocenters. The van der Waals surface area contributed by atoms with Gasteiger partial charge in [0.1, 0.15) is 6.33 Å². The van der Waals surface area contributed by atoms with E-state index in [-0.39, 0.29) is 11.9 Å². The molecule has 13 heavy (non-hydrogen) atoms. The van der Waals surface area contributed by atoms with E-state index in [1.165, 1.54) is 0 Å². The van der Waals surface area contributed by atoms with Crippen LogP contribution in [0.2, 0.25) is 0 Å². The fraction of sp³-hybridized carbons (Fsp3) is 0.625. The SMILES string of the molecule is CC(C)N1CCn2cnnc2C1=O. The first-order chi connectivity index (χ1) is 6.20. The summed E-state index contributed by atoms with van der Waals surface area (Å²) in [6.07, 6.45) is 1.60. The Morgan fingerprint density at radius 3 is 2.92 bits per heavy atom. The van der Waals surface area contributed by atoms with Gasteiger partial charge in [-0.3, -0.25) is 4.79 Å². The van der Waals surface area contributed by atoms with Crippen molar-refractivity contribution in [3.8, 4) is 0 Å². The van der Waals surface area contributed by atoms with E-state index in [2.05, 4.69) is 10.2 Å². The quantitative estimate of drug-likeness (QED) is 0.617. The molecular weight excluding hydrogens is 168 g/mol. The van der Waals surface area contributed by atoms with Gasteiger partial charge in [0, 0.05) is 19.1 Å². The van der Waals surface area contributed by atoms with Gasteiger partial charge in [0.15, 0.2) is 0 Å². The van der Waals surface area contributed by atoms with Crippen LogP contribution in [0.25, 0.3) is 0 Å². The van der Waals surface area contributed by atoms with Crippen LogP contribution in [0.3, 0.4) is 0 Å². The standard InChI is InChI=1S/C8H12N4O/c1-6(2)12-4-3-11-5-9-10-7(11)8(12)13/h5-6H,3-4H2,1-2H3. The molecule has 0 saturated carbocycles. The number of fused-ring (bicyclic) bond motifs is 1. The number of hydrogen-bond donors (Lipinski definition) is 0. The Morgan fingerprint density at radius 2 is 2.23 bits per heavy atom. The molecular formula is C8H12N4O. The van der Waals surface area contributed by atoms with Crippen molar-refractivity contribution in [2.45, 2.75) is 26.4 Å². The molecule has 2 rings (SSSR count). The van der Waals surface area contributed by atoms with Gasteiger partial charge in [-0.25, -0.2) is 0 Å². The van der Waals surface area contributed by atoms with Gasteiger partial charge in [-0.15, -0.1) is 10.2 Å². The third-order valence-electron chi connectivity index (χ3n) is 2.27. The molecule has 0 radical (unpaired) electrons. The van der Waals surface area contributed by atoms with Gasteiger partial charge in [0.25, 0.3) is 5.91 Å². The number of rotatable bonds is 1. The van der Waals surface area contributed by atoms with Crippen molar-refractivity contribution >= 4 is 5.91 Å². The van der Waals surface area contributed by atoms with Crippen molar-refractivity contribution < 1.29 is 4.79 Å². The summed E-state index contributed by atoms with van der Waals surface area (Å²) in [4.78, 5) is 13.5. The van der Waals surface area contributed by atoms with Crippen molar-refractivity contribution in [2.24, 2.45) is 0 Å². The summed E-state index contributed by atoms with van der Waals surface area (Å²) in [6.45, 7) is 5.56. The highest BCUT2D eigenvalue weighted by atomic mass is 16.2. The fourth-order valence-corrected chi connectivity index (χ4v) is 1.52. The number of aromatic nitrogens is 3. The van der Waals surface area contributed by atoms with Crippen LogP contribution >= 0.6 is 0 Å². The molecule has 5 nitrogen and oxygen atoms in total. The van der Waals surface area contributed by atoms with Gasteiger partial charge in [-0.1, -0.05) is 0 Å². The third-order valence-corrected chi connectivity index (χ3v) is 2.27. The van der Waals surface area contributed by atoms with Gasteiger partial charge in [0.2, 0.25) is 5.82 Å². The molecule has 0 spiro atoms. The van der Waals surface area contributed by atoms with E-state index in [4.69, 9.17) is 0 Å². The molecule has 2 heterocycles. The second kappa shape index (κ2) is 2.83. The van der Waals surface area contributed by atoms with E-state index >= 15 is 0 Å². The van der Waals surface area contributed by atoms with Gasteiger partial charge in [-0.2, -0.15) is 0 Å². The Hall–Kier alpha value is -1.39. The highest BCUT2D eigenvalue weighted by Crippen LogP contribution is 2.11. The number of amides is 1. The summed E-state index contributed by atoms with van der Waals surface area (Å²) in [7, 11) is 0. The first-order valence-electron chi connectivity index (χ1n) is 4.39. The van der Waals surface area contributed by atoms with Crippen LogP contribution in [0, 0.1) is 0 Å². The lowest BCUT2D eigenvalue weighted by atomic mass is 10.2. The number of nitrogens with zero attached hydrogens (tertiary/aromatic N) is 4. The van der Waals surface area contributed by atoms with Crippen LogP contribution in [-0.2, 0) is 6.54 Å². The van der Waals surface area contributed by atoms with Gasteiger partial charge in [-0.05, 0) is 13.8 Å². The molecule has 1 aliphatic heterocycles. The molecule has 70 valence electrons. The molecule has 1 aliphatic rings. The highest BCUT2D eigenvalue weighted by molar-refractivity contribution is 5.91. The largest absolute Gasteiger partial charge is 0.332 e. The molecule has 0 fully saturated rings. The van der Waals surface area contributed by atoms with Crippen molar-refractivity contribution in [1.29, 1.82) is 0 Å². The van der Waals surface area contributed by atoms with Gasteiger partial charge >= 0.3 is 0 Å². The fourth-order valence-electron chi connectivity index (χ4n) is 1.52. The molecule has 1 amide bonds. The molecule has 1 aromatic rings. The predicted octanol–water partition coefficient (Wildman–Crippen LogP) is 0.142. The maximum atomic E-state index is 11.7. The van der Waals surface area contributed by atoms with E-state index in [1.807, 2.05) is 18.7 Å². The van der Waals surface area contributed by atoms with Crippen molar-refractivity contribution in [2.75, 3.05) is 6.54 Å². The van der Waals surface area contributed by atoms with Crippen LogP contribution in [-0.4, -0.2) is 38.2 Å². The minimum Gasteiger partial charge on any atom is -0.332 e. The van der Waals surface area contributed by atoms with Crippen LogP contribution in [0.4, 0.5) is 0 Å². The normalized spacial score (nSPS) is 16.5. The molecule has 0 saturated heterocycles. The van der Waals surface area contributed by atoms with Gasteiger partial charge < -0.3 is 9.47 Å². The maximum absolute atomic E-state index is 11.7. The van der Waals surface area contributed by atoms with E-state index in [1.54, 1.807) is 10.9 Å². The summed E-state index contributed by atoms with van der Waals surface area (Å²) in [5.74, 6) is 0.443. The molecule has 0 aromatic carbocycles. The first-order valence-corrected chi connectivity index (χ1v) is 4.39. The summed E-state index contributed by atoms with van der Waals surface area (Å²) in [5, 5.41) is 7.51. The number of carbonyl (C=O) groups is 1. The second-order valence-electron chi connectivity index (χ2n) is 3.44. The lowest BCUT2D eigenvalue weighted by Gasteiger charge is -2.30. The monoisotopic (exact) mass is 180 g/mol. The molecule has 5 heteroatoms. The second-order valence-corrected chi connectivity index (χ2v) is 3.44. The topological polar surface area (TPSA) is 51.0 Å². The number of carbonyl (C=O) groups excluding carboxylic acids is 1. The summed E-state index contributed by atoms with van der Waals surface area (Å²) >= 11 is 0. The van der Waals surface area contributed by atoms with E-state index < -0.39 is 0 Å². The molecule has 0 N–H and O–H groups in total. The Bertz CT molecular complexity index is 331. The zero-order valence-corrected chi connectivity index (χ0v) is 7.77. The molecule has 0 bridgehead atoms. The lowest BCUT2D eigenvalue weighted by molar-refractivity contribution is 0.0641.